The van der Waals surface area contributed by atoms with Crippen LogP contribution >= 0.6 is 11.6 Å². The van der Waals surface area contributed by atoms with Gasteiger partial charge in [-0.05, 0) is 48.6 Å². The van der Waals surface area contributed by atoms with Gasteiger partial charge in [-0.1, -0.05) is 35.9 Å². The highest BCUT2D eigenvalue weighted by atomic mass is 35.5. The first kappa shape index (κ1) is 16.4. The van der Waals surface area contributed by atoms with Crippen molar-refractivity contribution in [2.45, 2.75) is 19.4 Å². The van der Waals surface area contributed by atoms with Crippen molar-refractivity contribution in [1.82, 2.24) is 9.55 Å². The van der Waals surface area contributed by atoms with Crippen molar-refractivity contribution in [3.05, 3.63) is 59.1 Å². The average Bonchev–Trinajstić information content (AvgIpc) is 3.00. The number of fused-ring (bicyclic) bond motifs is 1. The van der Waals surface area contributed by atoms with Gasteiger partial charge >= 0.3 is 0 Å². The second kappa shape index (κ2) is 7.06. The van der Waals surface area contributed by atoms with Gasteiger partial charge in [-0.25, -0.2) is 4.98 Å². The van der Waals surface area contributed by atoms with Crippen LogP contribution in [0.1, 0.15) is 18.4 Å². The van der Waals surface area contributed by atoms with E-state index in [9.17, 15) is 5.11 Å². The van der Waals surface area contributed by atoms with Gasteiger partial charge in [-0.3, -0.25) is 0 Å². The minimum Gasteiger partial charge on any atom is -0.396 e. The van der Waals surface area contributed by atoms with Gasteiger partial charge in [0, 0.05) is 24.7 Å². The van der Waals surface area contributed by atoms with Crippen LogP contribution < -0.4 is 4.90 Å². The molecule has 2 aromatic carbocycles. The molecule has 5 heteroatoms. The van der Waals surface area contributed by atoms with Gasteiger partial charge in [0.2, 0.25) is 5.95 Å². The summed E-state index contributed by atoms with van der Waals surface area (Å²) in [5.74, 6) is 1.31. The zero-order chi connectivity index (χ0) is 17.2. The molecule has 0 saturated carbocycles. The first-order valence-corrected chi connectivity index (χ1v) is 9.18. The molecule has 0 spiro atoms. The van der Waals surface area contributed by atoms with Crippen molar-refractivity contribution in [2.24, 2.45) is 5.92 Å². The number of aromatic nitrogens is 2. The van der Waals surface area contributed by atoms with E-state index in [1.54, 1.807) is 0 Å². The standard InChI is InChI=1S/C20H22ClN3O/c21-17-7-3-5-15(11-17)13-24-19-9-2-1-8-18(19)22-20(24)23-10-4-6-16(12-23)14-25/h1-3,5,7-9,11,16,25H,4,6,10,12-14H2/t16-/m0/s1. The number of benzene rings is 2. The molecular formula is C20H22ClN3O. The number of piperidine rings is 1. The van der Waals surface area contributed by atoms with Crippen LogP contribution in [0.3, 0.4) is 0 Å². The predicted molar refractivity (Wildman–Crippen MR) is 102 cm³/mol. The maximum atomic E-state index is 9.56. The van der Waals surface area contributed by atoms with Crippen LogP contribution in [0.25, 0.3) is 11.0 Å². The quantitative estimate of drug-likeness (QED) is 0.770. The third kappa shape index (κ3) is 3.37. The average molecular weight is 356 g/mol. The third-order valence-electron chi connectivity index (χ3n) is 4.92. The summed E-state index contributed by atoms with van der Waals surface area (Å²) >= 11 is 6.17. The molecule has 1 atom stereocenters. The molecule has 0 radical (unpaired) electrons. The van der Waals surface area contributed by atoms with Gasteiger partial charge in [0.15, 0.2) is 0 Å². The van der Waals surface area contributed by atoms with E-state index in [0.29, 0.717) is 5.92 Å². The fourth-order valence-electron chi connectivity index (χ4n) is 3.67. The molecule has 0 amide bonds. The van der Waals surface area contributed by atoms with Gasteiger partial charge in [0.1, 0.15) is 0 Å². The smallest absolute Gasteiger partial charge is 0.206 e. The summed E-state index contributed by atoms with van der Waals surface area (Å²) in [4.78, 5) is 7.21. The summed E-state index contributed by atoms with van der Waals surface area (Å²) in [7, 11) is 0. The van der Waals surface area contributed by atoms with Gasteiger partial charge < -0.3 is 14.6 Å². The highest BCUT2D eigenvalue weighted by Crippen LogP contribution is 2.28. The van der Waals surface area contributed by atoms with Crippen LogP contribution in [-0.4, -0.2) is 34.4 Å². The second-order valence-corrected chi connectivity index (χ2v) is 7.19. The molecule has 130 valence electrons. The number of aliphatic hydroxyl groups excluding tert-OH is 1. The maximum absolute atomic E-state index is 9.56. The van der Waals surface area contributed by atoms with Crippen LogP contribution in [-0.2, 0) is 6.54 Å². The molecule has 1 fully saturated rings. The van der Waals surface area contributed by atoms with Crippen molar-refractivity contribution in [3.63, 3.8) is 0 Å². The molecule has 0 unspecified atom stereocenters. The van der Waals surface area contributed by atoms with Crippen molar-refractivity contribution >= 4 is 28.6 Å². The molecule has 1 aromatic heterocycles. The lowest BCUT2D eigenvalue weighted by Crippen LogP contribution is -2.38. The number of anilines is 1. The van der Waals surface area contributed by atoms with E-state index in [1.807, 2.05) is 24.3 Å². The molecule has 1 aliphatic rings. The lowest BCUT2D eigenvalue weighted by Gasteiger charge is -2.33. The molecule has 1 aliphatic heterocycles. The van der Waals surface area contributed by atoms with Crippen LogP contribution in [0.5, 0.6) is 0 Å². The summed E-state index contributed by atoms with van der Waals surface area (Å²) in [6.07, 6.45) is 2.17. The second-order valence-electron chi connectivity index (χ2n) is 6.75. The summed E-state index contributed by atoms with van der Waals surface area (Å²) in [5, 5.41) is 10.3. The van der Waals surface area contributed by atoms with Gasteiger partial charge in [0.25, 0.3) is 0 Å². The van der Waals surface area contributed by atoms with E-state index < -0.39 is 0 Å². The molecule has 4 nitrogen and oxygen atoms in total. The van der Waals surface area contributed by atoms with Crippen LogP contribution in [0.2, 0.25) is 5.02 Å². The lowest BCUT2D eigenvalue weighted by atomic mass is 9.99. The number of rotatable bonds is 4. The molecular weight excluding hydrogens is 334 g/mol. The monoisotopic (exact) mass is 355 g/mol. The van der Waals surface area contributed by atoms with E-state index >= 15 is 0 Å². The number of para-hydroxylation sites is 2. The first-order valence-electron chi connectivity index (χ1n) is 8.80. The normalized spacial score (nSPS) is 18.0. The van der Waals surface area contributed by atoms with E-state index in [0.717, 1.165) is 60.0 Å². The minimum atomic E-state index is 0.241. The fourth-order valence-corrected chi connectivity index (χ4v) is 3.89. The Morgan fingerprint density at radius 3 is 2.88 bits per heavy atom. The fraction of sp³-hybridized carbons (Fsp3) is 0.350. The van der Waals surface area contributed by atoms with E-state index in [4.69, 9.17) is 16.6 Å². The Balaban J connectivity index is 1.75. The predicted octanol–water partition coefficient (Wildman–Crippen LogP) is 3.95. The Hall–Kier alpha value is -2.04. The Morgan fingerprint density at radius 1 is 1.16 bits per heavy atom. The molecule has 0 aliphatic carbocycles. The van der Waals surface area contributed by atoms with Crippen LogP contribution in [0.15, 0.2) is 48.5 Å². The topological polar surface area (TPSA) is 41.3 Å². The largest absolute Gasteiger partial charge is 0.396 e. The molecule has 1 N–H and O–H groups in total. The van der Waals surface area contributed by atoms with Crippen LogP contribution in [0.4, 0.5) is 5.95 Å². The lowest BCUT2D eigenvalue weighted by molar-refractivity contribution is 0.208. The highest BCUT2D eigenvalue weighted by Gasteiger charge is 2.24. The number of hydrogen-bond donors (Lipinski definition) is 1. The Kier molecular flexibility index (Phi) is 4.64. The Labute approximate surface area is 152 Å². The third-order valence-corrected chi connectivity index (χ3v) is 5.16. The van der Waals surface area contributed by atoms with Gasteiger partial charge in [0.05, 0.1) is 17.6 Å². The summed E-state index contributed by atoms with van der Waals surface area (Å²) in [6, 6.07) is 16.2. The van der Waals surface area contributed by atoms with Crippen molar-refractivity contribution in [3.8, 4) is 0 Å². The maximum Gasteiger partial charge on any atom is 0.206 e. The van der Waals surface area contributed by atoms with Crippen molar-refractivity contribution in [2.75, 3.05) is 24.6 Å². The van der Waals surface area contributed by atoms with Crippen molar-refractivity contribution < 1.29 is 5.11 Å². The number of imidazole rings is 1. The van der Waals surface area contributed by atoms with E-state index in [2.05, 4.69) is 33.7 Å². The summed E-state index contributed by atoms with van der Waals surface area (Å²) < 4.78 is 2.26. The molecule has 3 aromatic rings. The SMILES string of the molecule is OC[C@H]1CCCN(c2nc3ccccc3n2Cc2cccc(Cl)c2)C1. The van der Waals surface area contributed by atoms with E-state index in [1.165, 1.54) is 0 Å². The summed E-state index contributed by atoms with van der Waals surface area (Å²) in [5.41, 5.74) is 3.29. The zero-order valence-corrected chi connectivity index (χ0v) is 14.9. The highest BCUT2D eigenvalue weighted by molar-refractivity contribution is 6.30. The number of aliphatic hydroxyl groups is 1. The molecule has 2 heterocycles. The number of halogens is 1. The minimum absolute atomic E-state index is 0.241. The zero-order valence-electron chi connectivity index (χ0n) is 14.1. The molecule has 0 bridgehead atoms. The first-order chi connectivity index (χ1) is 12.2. The van der Waals surface area contributed by atoms with Crippen LogP contribution in [0, 0.1) is 5.92 Å². The summed E-state index contributed by atoms with van der Waals surface area (Å²) in [6.45, 7) is 2.81. The molecule has 4 rings (SSSR count). The Morgan fingerprint density at radius 2 is 2.04 bits per heavy atom. The Bertz CT molecular complexity index is 876. The number of nitrogens with zero attached hydrogens (tertiary/aromatic N) is 3. The van der Waals surface area contributed by atoms with Gasteiger partial charge in [-0.15, -0.1) is 0 Å². The number of hydrogen-bond acceptors (Lipinski definition) is 3. The van der Waals surface area contributed by atoms with Crippen molar-refractivity contribution in [1.29, 1.82) is 0 Å². The molecule has 25 heavy (non-hydrogen) atoms. The van der Waals surface area contributed by atoms with E-state index in [-0.39, 0.29) is 6.61 Å². The van der Waals surface area contributed by atoms with Gasteiger partial charge in [-0.2, -0.15) is 0 Å². The molecule has 1 saturated heterocycles.